The summed E-state index contributed by atoms with van der Waals surface area (Å²) in [6.07, 6.45) is 3.54. The number of hydrogen-bond acceptors (Lipinski definition) is 5. The quantitative estimate of drug-likeness (QED) is 0.934. The van der Waals surface area contributed by atoms with Gasteiger partial charge in [-0.3, -0.25) is 4.72 Å². The van der Waals surface area contributed by atoms with E-state index in [9.17, 15) is 8.42 Å². The van der Waals surface area contributed by atoms with Crippen LogP contribution in [0.3, 0.4) is 0 Å². The topological polar surface area (TPSA) is 75.2 Å². The largest absolute Gasteiger partial charge is 0.355 e. The van der Waals surface area contributed by atoms with E-state index in [1.165, 1.54) is 12.8 Å². The number of hydrogen-bond donors (Lipinski definition) is 1. The smallest absolute Gasteiger partial charge is 0.229 e. The third-order valence-corrected chi connectivity index (χ3v) is 4.17. The van der Waals surface area contributed by atoms with Crippen LogP contribution < -0.4 is 9.62 Å². The Bertz CT molecular complexity index is 736. The van der Waals surface area contributed by atoms with E-state index in [2.05, 4.69) is 19.8 Å². The molecule has 0 spiro atoms. The summed E-state index contributed by atoms with van der Waals surface area (Å²) >= 11 is 0. The van der Waals surface area contributed by atoms with Gasteiger partial charge in [-0.1, -0.05) is 12.1 Å². The summed E-state index contributed by atoms with van der Waals surface area (Å²) in [5.41, 5.74) is 2.21. The molecule has 0 bridgehead atoms. The van der Waals surface area contributed by atoms with Crippen LogP contribution in [0.2, 0.25) is 0 Å². The molecule has 1 aliphatic rings. The molecule has 22 heavy (non-hydrogen) atoms. The fourth-order valence-electron chi connectivity index (χ4n) is 2.52. The van der Waals surface area contributed by atoms with Gasteiger partial charge in [0.05, 0.1) is 11.9 Å². The van der Waals surface area contributed by atoms with E-state index in [0.29, 0.717) is 5.69 Å². The van der Waals surface area contributed by atoms with Gasteiger partial charge < -0.3 is 4.90 Å². The zero-order valence-electron chi connectivity index (χ0n) is 12.4. The van der Waals surface area contributed by atoms with Crippen molar-refractivity contribution in [3.05, 3.63) is 36.4 Å². The molecule has 0 aliphatic carbocycles. The van der Waals surface area contributed by atoms with E-state index in [1.54, 1.807) is 12.1 Å². The highest BCUT2D eigenvalue weighted by atomic mass is 32.2. The van der Waals surface area contributed by atoms with Crippen molar-refractivity contribution in [2.75, 3.05) is 29.0 Å². The molecule has 116 valence electrons. The summed E-state index contributed by atoms with van der Waals surface area (Å²) in [7, 11) is -3.25. The molecule has 7 heteroatoms. The minimum Gasteiger partial charge on any atom is -0.355 e. The monoisotopic (exact) mass is 318 g/mol. The SMILES string of the molecule is CS(=O)(=O)Nc1ccc(-c2ccc(N3CCCC3)nn2)cc1. The second-order valence-corrected chi connectivity index (χ2v) is 7.17. The Morgan fingerprint density at radius 3 is 2.23 bits per heavy atom. The maximum atomic E-state index is 11.2. The van der Waals surface area contributed by atoms with E-state index >= 15 is 0 Å². The molecule has 0 radical (unpaired) electrons. The minimum atomic E-state index is -3.25. The van der Waals surface area contributed by atoms with Gasteiger partial charge in [-0.2, -0.15) is 0 Å². The molecule has 6 nitrogen and oxygen atoms in total. The number of nitrogens with zero attached hydrogens (tertiary/aromatic N) is 3. The van der Waals surface area contributed by atoms with Crippen LogP contribution in [0.1, 0.15) is 12.8 Å². The number of rotatable bonds is 4. The molecule has 0 unspecified atom stereocenters. The predicted molar refractivity (Wildman–Crippen MR) is 87.4 cm³/mol. The Balaban J connectivity index is 1.76. The van der Waals surface area contributed by atoms with Crippen molar-refractivity contribution in [1.29, 1.82) is 0 Å². The van der Waals surface area contributed by atoms with E-state index in [1.807, 2.05) is 24.3 Å². The molecule has 0 saturated carbocycles. The predicted octanol–water partition coefficient (Wildman–Crippen LogP) is 2.12. The lowest BCUT2D eigenvalue weighted by atomic mass is 10.1. The molecular formula is C15H18N4O2S. The Hall–Kier alpha value is -2.15. The lowest BCUT2D eigenvalue weighted by Crippen LogP contribution is -2.19. The number of sulfonamides is 1. The maximum absolute atomic E-state index is 11.2. The van der Waals surface area contributed by atoms with Crippen LogP contribution in [0.15, 0.2) is 36.4 Å². The number of nitrogens with one attached hydrogen (secondary N) is 1. The van der Waals surface area contributed by atoms with Crippen molar-refractivity contribution >= 4 is 21.5 Å². The molecule has 0 amide bonds. The summed E-state index contributed by atoms with van der Waals surface area (Å²) in [6.45, 7) is 2.08. The molecule has 1 aromatic carbocycles. The van der Waals surface area contributed by atoms with Gasteiger partial charge in [-0.15, -0.1) is 10.2 Å². The second-order valence-electron chi connectivity index (χ2n) is 5.42. The molecule has 1 aromatic heterocycles. The van der Waals surface area contributed by atoms with E-state index in [-0.39, 0.29) is 0 Å². The summed E-state index contributed by atoms with van der Waals surface area (Å²) < 4.78 is 24.8. The normalized spacial score (nSPS) is 15.0. The molecule has 2 heterocycles. The van der Waals surface area contributed by atoms with Crippen molar-refractivity contribution in [1.82, 2.24) is 10.2 Å². The zero-order chi connectivity index (χ0) is 15.6. The zero-order valence-corrected chi connectivity index (χ0v) is 13.2. The van der Waals surface area contributed by atoms with E-state index in [4.69, 9.17) is 0 Å². The molecule has 0 atom stereocenters. The first kappa shape index (κ1) is 14.8. The lowest BCUT2D eigenvalue weighted by molar-refractivity contribution is 0.607. The fourth-order valence-corrected chi connectivity index (χ4v) is 3.08. The molecule has 1 aliphatic heterocycles. The van der Waals surface area contributed by atoms with Crippen LogP contribution in [0, 0.1) is 0 Å². The molecule has 1 fully saturated rings. The van der Waals surface area contributed by atoms with Crippen molar-refractivity contribution in [2.24, 2.45) is 0 Å². The van der Waals surface area contributed by atoms with Crippen molar-refractivity contribution < 1.29 is 8.42 Å². The summed E-state index contributed by atoms with van der Waals surface area (Å²) in [6, 6.07) is 11.0. The van der Waals surface area contributed by atoms with Crippen molar-refractivity contribution in [2.45, 2.75) is 12.8 Å². The Labute approximate surface area is 130 Å². The standard InChI is InChI=1S/C15H18N4O2S/c1-22(20,21)18-13-6-4-12(5-7-13)14-8-9-15(17-16-14)19-10-2-3-11-19/h4-9,18H,2-3,10-11H2,1H3. The molecular weight excluding hydrogens is 300 g/mol. The van der Waals surface area contributed by atoms with Crippen LogP contribution in [0.25, 0.3) is 11.3 Å². The summed E-state index contributed by atoms with van der Waals surface area (Å²) in [5.74, 6) is 0.914. The third kappa shape index (κ3) is 3.54. The van der Waals surface area contributed by atoms with Gasteiger partial charge >= 0.3 is 0 Å². The first-order chi connectivity index (χ1) is 10.5. The van der Waals surface area contributed by atoms with Crippen molar-refractivity contribution in [3.63, 3.8) is 0 Å². The minimum absolute atomic E-state index is 0.535. The van der Waals surface area contributed by atoms with Crippen LogP contribution >= 0.6 is 0 Å². The second kappa shape index (κ2) is 5.92. The van der Waals surface area contributed by atoms with Gasteiger partial charge in [0.2, 0.25) is 10.0 Å². The maximum Gasteiger partial charge on any atom is 0.229 e. The lowest BCUT2D eigenvalue weighted by Gasteiger charge is -2.15. The first-order valence-electron chi connectivity index (χ1n) is 7.18. The summed E-state index contributed by atoms with van der Waals surface area (Å²) in [5, 5.41) is 8.55. The van der Waals surface area contributed by atoms with Gasteiger partial charge in [-0.25, -0.2) is 8.42 Å². The highest BCUT2D eigenvalue weighted by Crippen LogP contribution is 2.22. The van der Waals surface area contributed by atoms with E-state index in [0.717, 1.165) is 36.4 Å². The molecule has 1 saturated heterocycles. The van der Waals surface area contributed by atoms with Crippen molar-refractivity contribution in [3.8, 4) is 11.3 Å². The highest BCUT2D eigenvalue weighted by Gasteiger charge is 2.14. The number of aromatic nitrogens is 2. The average molecular weight is 318 g/mol. The summed E-state index contributed by atoms with van der Waals surface area (Å²) in [4.78, 5) is 2.23. The first-order valence-corrected chi connectivity index (χ1v) is 9.07. The third-order valence-electron chi connectivity index (χ3n) is 3.56. The fraction of sp³-hybridized carbons (Fsp3) is 0.333. The number of anilines is 2. The van der Waals surface area contributed by atoms with Crippen LogP contribution in [-0.2, 0) is 10.0 Å². The molecule has 2 aromatic rings. The Kier molecular flexibility index (Phi) is 3.98. The van der Waals surface area contributed by atoms with Gasteiger partial charge in [0.15, 0.2) is 5.82 Å². The molecule has 1 N–H and O–H groups in total. The average Bonchev–Trinajstić information content (AvgIpc) is 3.01. The molecule has 3 rings (SSSR count). The van der Waals surface area contributed by atoms with Gasteiger partial charge in [-0.05, 0) is 37.1 Å². The Morgan fingerprint density at radius 1 is 1.00 bits per heavy atom. The van der Waals surface area contributed by atoms with Crippen LogP contribution in [0.5, 0.6) is 0 Å². The highest BCUT2D eigenvalue weighted by molar-refractivity contribution is 7.92. The van der Waals surface area contributed by atoms with Crippen LogP contribution in [-0.4, -0.2) is 38.0 Å². The van der Waals surface area contributed by atoms with E-state index < -0.39 is 10.0 Å². The van der Waals surface area contributed by atoms with Gasteiger partial charge in [0.1, 0.15) is 0 Å². The number of benzene rings is 1. The Morgan fingerprint density at radius 2 is 1.68 bits per heavy atom. The van der Waals surface area contributed by atoms with Gasteiger partial charge in [0.25, 0.3) is 0 Å². The van der Waals surface area contributed by atoms with Gasteiger partial charge in [0, 0.05) is 24.3 Å². The van der Waals surface area contributed by atoms with Crippen LogP contribution in [0.4, 0.5) is 11.5 Å².